The molecule has 154 valence electrons. The first-order valence-corrected chi connectivity index (χ1v) is 13.3. The third kappa shape index (κ3) is 6.44. The summed E-state index contributed by atoms with van der Waals surface area (Å²) in [7, 11) is 0.456. The molecular formula is C26H39OS+. The Kier molecular flexibility index (Phi) is 9.56. The smallest absolute Gasteiger partial charge is 0.162 e. The van der Waals surface area contributed by atoms with Gasteiger partial charge in [-0.1, -0.05) is 82.9 Å². The lowest BCUT2D eigenvalue weighted by Gasteiger charge is -2.12. The molecule has 0 amide bonds. The van der Waals surface area contributed by atoms with Gasteiger partial charge in [-0.3, -0.25) is 0 Å². The molecule has 0 bridgehead atoms. The van der Waals surface area contributed by atoms with Gasteiger partial charge < -0.3 is 4.74 Å². The van der Waals surface area contributed by atoms with E-state index in [9.17, 15) is 0 Å². The van der Waals surface area contributed by atoms with Gasteiger partial charge in [0.05, 0.1) is 6.61 Å². The lowest BCUT2D eigenvalue weighted by atomic mass is 10.1. The van der Waals surface area contributed by atoms with Crippen LogP contribution in [-0.4, -0.2) is 18.1 Å². The van der Waals surface area contributed by atoms with E-state index in [0.717, 1.165) is 12.4 Å². The van der Waals surface area contributed by atoms with Crippen molar-refractivity contribution < 1.29 is 4.74 Å². The molecule has 0 aromatic heterocycles. The summed E-state index contributed by atoms with van der Waals surface area (Å²) >= 11 is 0. The van der Waals surface area contributed by atoms with E-state index < -0.39 is 0 Å². The summed E-state index contributed by atoms with van der Waals surface area (Å²) in [6.07, 6.45) is 16.5. The fourth-order valence-electron chi connectivity index (χ4n) is 4.27. The number of hydrogen-bond donors (Lipinski definition) is 0. The van der Waals surface area contributed by atoms with Crippen LogP contribution in [0.4, 0.5) is 0 Å². The predicted molar refractivity (Wildman–Crippen MR) is 126 cm³/mol. The number of hydrogen-bond acceptors (Lipinski definition) is 1. The number of benzene rings is 2. The average molecular weight is 400 g/mol. The molecule has 1 saturated heterocycles. The van der Waals surface area contributed by atoms with E-state index in [0.29, 0.717) is 10.9 Å². The Bertz CT molecular complexity index is 690. The summed E-state index contributed by atoms with van der Waals surface area (Å²) in [5, 5.41) is 2.74. The van der Waals surface area contributed by atoms with Gasteiger partial charge in [0.2, 0.25) is 0 Å². The van der Waals surface area contributed by atoms with Crippen molar-refractivity contribution in [3.63, 3.8) is 0 Å². The number of ether oxygens (including phenoxy) is 1. The summed E-state index contributed by atoms with van der Waals surface area (Å²) in [6.45, 7) is 3.14. The van der Waals surface area contributed by atoms with Crippen LogP contribution in [0.1, 0.15) is 84.0 Å². The topological polar surface area (TPSA) is 9.23 Å². The summed E-state index contributed by atoms with van der Waals surface area (Å²) in [6, 6.07) is 13.5. The number of rotatable bonds is 13. The second kappa shape index (κ2) is 12.4. The molecule has 2 aromatic carbocycles. The highest BCUT2D eigenvalue weighted by Gasteiger charge is 2.29. The Morgan fingerprint density at radius 2 is 1.32 bits per heavy atom. The molecule has 3 rings (SSSR count). The van der Waals surface area contributed by atoms with Crippen LogP contribution in [0.25, 0.3) is 10.8 Å². The van der Waals surface area contributed by atoms with Crippen LogP contribution < -0.4 is 4.74 Å². The minimum Gasteiger partial charge on any atom is -0.493 e. The molecule has 2 aromatic rings. The zero-order chi connectivity index (χ0) is 19.4. The third-order valence-electron chi connectivity index (χ3n) is 5.94. The molecule has 0 unspecified atom stereocenters. The van der Waals surface area contributed by atoms with E-state index in [4.69, 9.17) is 4.74 Å². The van der Waals surface area contributed by atoms with Crippen LogP contribution in [0.15, 0.2) is 41.3 Å². The monoisotopic (exact) mass is 399 g/mol. The highest BCUT2D eigenvalue weighted by molar-refractivity contribution is 7.97. The molecule has 1 fully saturated rings. The first kappa shape index (κ1) is 21.6. The zero-order valence-electron chi connectivity index (χ0n) is 17.9. The van der Waals surface area contributed by atoms with Crippen molar-refractivity contribution in [1.82, 2.24) is 0 Å². The van der Waals surface area contributed by atoms with Crippen LogP contribution >= 0.6 is 0 Å². The normalized spacial score (nSPS) is 14.8. The lowest BCUT2D eigenvalue weighted by Crippen LogP contribution is -2.05. The van der Waals surface area contributed by atoms with Crippen LogP contribution in [0.2, 0.25) is 0 Å². The zero-order valence-corrected chi connectivity index (χ0v) is 18.7. The van der Waals surface area contributed by atoms with E-state index in [-0.39, 0.29) is 0 Å². The molecule has 0 spiro atoms. The molecule has 0 aliphatic carbocycles. The standard InChI is InChI=1S/C26H39OS/c1-2-3-4-5-6-7-8-9-10-13-20-27-25-18-19-26(28-21-14-15-22-28)24-17-12-11-16-23(24)25/h11-12,16-19H,2-10,13-15,20-22H2,1H3/q+1. The lowest BCUT2D eigenvalue weighted by molar-refractivity contribution is 0.307. The molecule has 0 radical (unpaired) electrons. The van der Waals surface area contributed by atoms with Crippen LogP contribution in [0.3, 0.4) is 0 Å². The van der Waals surface area contributed by atoms with Gasteiger partial charge in [0.15, 0.2) is 4.90 Å². The van der Waals surface area contributed by atoms with Gasteiger partial charge in [-0.15, -0.1) is 0 Å². The van der Waals surface area contributed by atoms with E-state index in [1.807, 2.05) is 0 Å². The van der Waals surface area contributed by atoms with Gasteiger partial charge in [-0.25, -0.2) is 0 Å². The van der Waals surface area contributed by atoms with E-state index in [1.165, 1.54) is 99.3 Å². The van der Waals surface area contributed by atoms with Crippen molar-refractivity contribution in [1.29, 1.82) is 0 Å². The first-order valence-electron chi connectivity index (χ1n) is 11.7. The first-order chi connectivity index (χ1) is 13.9. The van der Waals surface area contributed by atoms with Crippen LogP contribution in [-0.2, 0) is 10.9 Å². The second-order valence-electron chi connectivity index (χ2n) is 8.25. The highest BCUT2D eigenvalue weighted by atomic mass is 32.2. The van der Waals surface area contributed by atoms with Crippen LogP contribution in [0, 0.1) is 0 Å². The summed E-state index contributed by atoms with van der Waals surface area (Å²) in [5.41, 5.74) is 0. The largest absolute Gasteiger partial charge is 0.493 e. The summed E-state index contributed by atoms with van der Waals surface area (Å²) in [5.74, 6) is 3.84. The average Bonchev–Trinajstić information content (AvgIpc) is 3.26. The maximum Gasteiger partial charge on any atom is 0.162 e. The van der Waals surface area contributed by atoms with Gasteiger partial charge in [0.25, 0.3) is 0 Å². The van der Waals surface area contributed by atoms with Gasteiger partial charge >= 0.3 is 0 Å². The third-order valence-corrected chi connectivity index (χ3v) is 8.48. The van der Waals surface area contributed by atoms with Gasteiger partial charge in [-0.05, 0) is 37.5 Å². The number of fused-ring (bicyclic) bond motifs is 1. The SMILES string of the molecule is CCCCCCCCCCCCOc1ccc([S+]2CCCC2)c2ccccc12. The Hall–Kier alpha value is -1.15. The minimum atomic E-state index is 0.456. The van der Waals surface area contributed by atoms with Gasteiger partial charge in [-0.2, -0.15) is 0 Å². The quantitative estimate of drug-likeness (QED) is 0.245. The van der Waals surface area contributed by atoms with Crippen LogP contribution in [0.5, 0.6) is 5.75 Å². The van der Waals surface area contributed by atoms with Crippen molar-refractivity contribution in [2.75, 3.05) is 18.1 Å². The summed E-state index contributed by atoms with van der Waals surface area (Å²) in [4.78, 5) is 1.57. The van der Waals surface area contributed by atoms with Crippen molar-refractivity contribution in [2.24, 2.45) is 0 Å². The molecular weight excluding hydrogens is 360 g/mol. The van der Waals surface area contributed by atoms with E-state index in [1.54, 1.807) is 4.90 Å². The molecule has 0 saturated carbocycles. The Morgan fingerprint density at radius 1 is 0.714 bits per heavy atom. The molecule has 2 heteroatoms. The van der Waals surface area contributed by atoms with Crippen molar-refractivity contribution >= 4 is 21.7 Å². The highest BCUT2D eigenvalue weighted by Crippen LogP contribution is 2.34. The molecule has 0 N–H and O–H groups in total. The Morgan fingerprint density at radius 3 is 2.00 bits per heavy atom. The summed E-state index contributed by atoms with van der Waals surface area (Å²) < 4.78 is 6.21. The molecule has 1 heterocycles. The molecule has 1 nitrogen and oxygen atoms in total. The maximum atomic E-state index is 6.21. The second-order valence-corrected chi connectivity index (χ2v) is 10.5. The molecule has 28 heavy (non-hydrogen) atoms. The molecule has 1 aliphatic heterocycles. The number of unbranched alkanes of at least 4 members (excludes halogenated alkanes) is 9. The molecule has 0 atom stereocenters. The minimum absolute atomic E-state index is 0.456. The fraction of sp³-hybridized carbons (Fsp3) is 0.615. The Labute approximate surface area is 175 Å². The predicted octanol–water partition coefficient (Wildman–Crippen LogP) is 7.91. The van der Waals surface area contributed by atoms with Crippen molar-refractivity contribution in [2.45, 2.75) is 88.9 Å². The Balaban J connectivity index is 1.40. The van der Waals surface area contributed by atoms with Crippen molar-refractivity contribution in [3.05, 3.63) is 36.4 Å². The van der Waals surface area contributed by atoms with Gasteiger partial charge in [0, 0.05) is 21.7 Å². The van der Waals surface area contributed by atoms with E-state index in [2.05, 4.69) is 43.3 Å². The van der Waals surface area contributed by atoms with Gasteiger partial charge in [0.1, 0.15) is 17.3 Å². The maximum absolute atomic E-state index is 6.21. The van der Waals surface area contributed by atoms with E-state index >= 15 is 0 Å². The fourth-order valence-corrected chi connectivity index (χ4v) is 6.77. The van der Waals surface area contributed by atoms with Crippen molar-refractivity contribution in [3.8, 4) is 5.75 Å². The molecule has 1 aliphatic rings.